The number of H-pyrrole nitrogens is 1. The molecule has 0 saturated heterocycles. The molecule has 3 aromatic rings. The smallest absolute Gasteiger partial charge is 0.264 e. The highest BCUT2D eigenvalue weighted by Crippen LogP contribution is 2.41. The van der Waals surface area contributed by atoms with E-state index in [4.69, 9.17) is 9.72 Å². The molecule has 0 unspecified atom stereocenters. The molecule has 0 bridgehead atoms. The Labute approximate surface area is 193 Å². The second kappa shape index (κ2) is 8.67. The van der Waals surface area contributed by atoms with Gasteiger partial charge in [0, 0.05) is 23.1 Å². The van der Waals surface area contributed by atoms with Crippen molar-refractivity contribution in [2.45, 2.75) is 49.3 Å². The topological polar surface area (TPSA) is 101 Å². The number of rotatable bonds is 5. The summed E-state index contributed by atoms with van der Waals surface area (Å²) < 4.78 is 32.8. The molecule has 1 heterocycles. The number of ether oxygens (including phenoxy) is 1. The molecule has 1 amide bonds. The lowest BCUT2D eigenvalue weighted by atomic mass is 9.81. The van der Waals surface area contributed by atoms with E-state index in [9.17, 15) is 13.2 Å². The quantitative estimate of drug-likeness (QED) is 0.594. The second-order valence-corrected chi connectivity index (χ2v) is 10.5. The molecule has 8 heteroatoms. The first-order valence-corrected chi connectivity index (χ1v) is 12.8. The number of nitrogens with one attached hydrogen (secondary N) is 2. The van der Waals surface area contributed by atoms with Crippen LogP contribution in [-0.2, 0) is 27.7 Å². The number of fused-ring (bicyclic) bond motifs is 3. The molecule has 2 aromatic carbocycles. The van der Waals surface area contributed by atoms with Gasteiger partial charge >= 0.3 is 0 Å². The molecule has 2 aliphatic rings. The maximum Gasteiger partial charge on any atom is 0.264 e. The van der Waals surface area contributed by atoms with Crippen molar-refractivity contribution in [1.29, 1.82) is 0 Å². The Morgan fingerprint density at radius 1 is 1.03 bits per heavy atom. The van der Waals surface area contributed by atoms with Crippen LogP contribution in [0.3, 0.4) is 0 Å². The van der Waals surface area contributed by atoms with E-state index in [1.807, 2.05) is 12.1 Å². The number of amides is 1. The molecule has 0 spiro atoms. The number of hydrogen-bond donors (Lipinski definition) is 2. The second-order valence-electron chi connectivity index (χ2n) is 8.77. The Morgan fingerprint density at radius 2 is 1.79 bits per heavy atom. The fourth-order valence-corrected chi connectivity index (χ4v) is 6.06. The third kappa shape index (κ3) is 4.15. The van der Waals surface area contributed by atoms with Crippen molar-refractivity contribution in [1.82, 2.24) is 14.7 Å². The normalized spacial score (nSPS) is 19.9. The molecule has 0 aliphatic heterocycles. The number of aryl methyl sites for hydroxylation is 2. The summed E-state index contributed by atoms with van der Waals surface area (Å²) >= 11 is 0. The van der Waals surface area contributed by atoms with Crippen LogP contribution in [0.4, 0.5) is 0 Å². The molecular weight excluding hydrogens is 438 g/mol. The van der Waals surface area contributed by atoms with Gasteiger partial charge in [-0.05, 0) is 62.3 Å². The van der Waals surface area contributed by atoms with E-state index < -0.39 is 15.9 Å². The lowest BCUT2D eigenvalue weighted by Crippen LogP contribution is -2.37. The predicted octanol–water partition coefficient (Wildman–Crippen LogP) is 3.96. The summed E-state index contributed by atoms with van der Waals surface area (Å²) in [6.45, 7) is 0. The molecule has 2 N–H and O–H groups in total. The molecular formula is C25H27N3O4S. The van der Waals surface area contributed by atoms with Gasteiger partial charge in [-0.2, -0.15) is 0 Å². The molecule has 1 aromatic heterocycles. The zero-order chi connectivity index (χ0) is 23.0. The van der Waals surface area contributed by atoms with Gasteiger partial charge in [-0.15, -0.1) is 0 Å². The highest BCUT2D eigenvalue weighted by molar-refractivity contribution is 7.90. The molecule has 5 rings (SSSR count). The van der Waals surface area contributed by atoms with Crippen LogP contribution in [0.15, 0.2) is 53.4 Å². The molecule has 2 aliphatic carbocycles. The average molecular weight is 466 g/mol. The summed E-state index contributed by atoms with van der Waals surface area (Å²) in [5.74, 6) is 1.28. The van der Waals surface area contributed by atoms with Crippen LogP contribution in [0.1, 0.15) is 48.7 Å². The standard InChI is InChI=1S/C25H27N3O4S/c1-32-21-9-5-6-16-14-15-20-23(22(16)21)27-24(26-20)17-10-12-18(13-11-17)25(29)28-33(30,31)19-7-3-2-4-8-19/h2-9,17-18H,10-15H2,1H3,(H,26,27)(H,28,29). The minimum Gasteiger partial charge on any atom is -0.496 e. The Bertz CT molecular complexity index is 1260. The van der Waals surface area contributed by atoms with Crippen LogP contribution in [0.25, 0.3) is 11.3 Å². The van der Waals surface area contributed by atoms with Gasteiger partial charge in [0.15, 0.2) is 0 Å². The number of carbonyl (C=O) groups excluding carboxylic acids is 1. The lowest BCUT2D eigenvalue weighted by molar-refractivity contribution is -0.124. The fourth-order valence-electron chi connectivity index (χ4n) is 5.00. The van der Waals surface area contributed by atoms with Gasteiger partial charge in [-0.3, -0.25) is 4.79 Å². The Hall–Kier alpha value is -3.13. The van der Waals surface area contributed by atoms with Gasteiger partial charge < -0.3 is 9.72 Å². The van der Waals surface area contributed by atoms with Crippen molar-refractivity contribution in [3.05, 3.63) is 65.6 Å². The first-order chi connectivity index (χ1) is 16.0. The molecule has 172 valence electrons. The van der Waals surface area contributed by atoms with Crippen molar-refractivity contribution >= 4 is 15.9 Å². The Kier molecular flexibility index (Phi) is 5.70. The predicted molar refractivity (Wildman–Crippen MR) is 124 cm³/mol. The van der Waals surface area contributed by atoms with E-state index in [2.05, 4.69) is 15.8 Å². The molecule has 1 fully saturated rings. The minimum absolute atomic E-state index is 0.101. The van der Waals surface area contributed by atoms with Crippen molar-refractivity contribution in [2.75, 3.05) is 7.11 Å². The first kappa shape index (κ1) is 21.7. The van der Waals surface area contributed by atoms with Crippen LogP contribution in [0.2, 0.25) is 0 Å². The third-order valence-electron chi connectivity index (χ3n) is 6.78. The van der Waals surface area contributed by atoms with Gasteiger partial charge in [-0.1, -0.05) is 30.3 Å². The highest BCUT2D eigenvalue weighted by Gasteiger charge is 2.32. The Balaban J connectivity index is 1.27. The molecule has 7 nitrogen and oxygen atoms in total. The van der Waals surface area contributed by atoms with Crippen molar-refractivity contribution < 1.29 is 17.9 Å². The lowest BCUT2D eigenvalue weighted by Gasteiger charge is -2.26. The summed E-state index contributed by atoms with van der Waals surface area (Å²) in [6.07, 6.45) is 4.70. The first-order valence-electron chi connectivity index (χ1n) is 11.3. The zero-order valence-electron chi connectivity index (χ0n) is 18.5. The number of imidazole rings is 1. The van der Waals surface area contributed by atoms with Gasteiger partial charge in [0.1, 0.15) is 11.6 Å². The monoisotopic (exact) mass is 465 g/mol. The molecule has 0 radical (unpaired) electrons. The average Bonchev–Trinajstić information content (AvgIpc) is 3.29. The number of carbonyl (C=O) groups is 1. The van der Waals surface area contributed by atoms with Crippen LogP contribution >= 0.6 is 0 Å². The summed E-state index contributed by atoms with van der Waals surface area (Å²) in [7, 11) is -2.16. The highest BCUT2D eigenvalue weighted by atomic mass is 32.2. The van der Waals surface area contributed by atoms with Crippen molar-refractivity contribution in [3.8, 4) is 17.0 Å². The van der Waals surface area contributed by atoms with Crippen molar-refractivity contribution in [3.63, 3.8) is 0 Å². The number of aromatic amines is 1. The van der Waals surface area contributed by atoms with E-state index in [-0.39, 0.29) is 16.7 Å². The van der Waals surface area contributed by atoms with Crippen LogP contribution in [0, 0.1) is 5.92 Å². The summed E-state index contributed by atoms with van der Waals surface area (Å²) in [6, 6.07) is 14.1. The summed E-state index contributed by atoms with van der Waals surface area (Å²) in [5.41, 5.74) is 4.43. The maximum absolute atomic E-state index is 12.7. The number of nitrogens with zero attached hydrogens (tertiary/aromatic N) is 1. The molecule has 33 heavy (non-hydrogen) atoms. The van der Waals surface area contributed by atoms with Gasteiger partial charge in [0.25, 0.3) is 10.0 Å². The molecule has 0 atom stereocenters. The van der Waals surface area contributed by atoms with Gasteiger partial charge in [0.2, 0.25) is 5.91 Å². The maximum atomic E-state index is 12.7. The number of benzene rings is 2. The van der Waals surface area contributed by atoms with E-state index in [1.165, 1.54) is 17.7 Å². The van der Waals surface area contributed by atoms with E-state index >= 15 is 0 Å². The molecule has 1 saturated carbocycles. The Morgan fingerprint density at radius 3 is 2.52 bits per heavy atom. The number of methoxy groups -OCH3 is 1. The minimum atomic E-state index is -3.84. The zero-order valence-corrected chi connectivity index (χ0v) is 19.3. The van der Waals surface area contributed by atoms with E-state index in [0.717, 1.165) is 54.2 Å². The SMILES string of the molecule is COc1cccc2c1-c1nc(C3CCC(C(=O)NS(=O)(=O)c4ccccc4)CC3)[nH]c1CC2. The largest absolute Gasteiger partial charge is 0.496 e. The third-order valence-corrected chi connectivity index (χ3v) is 8.15. The van der Waals surface area contributed by atoms with Gasteiger partial charge in [0.05, 0.1) is 17.7 Å². The number of sulfonamides is 1. The van der Waals surface area contributed by atoms with E-state index in [0.29, 0.717) is 12.8 Å². The van der Waals surface area contributed by atoms with E-state index in [1.54, 1.807) is 25.3 Å². The van der Waals surface area contributed by atoms with Crippen LogP contribution < -0.4 is 9.46 Å². The van der Waals surface area contributed by atoms with Crippen LogP contribution in [0.5, 0.6) is 5.75 Å². The van der Waals surface area contributed by atoms with Crippen molar-refractivity contribution in [2.24, 2.45) is 5.92 Å². The number of aromatic nitrogens is 2. The summed E-state index contributed by atoms with van der Waals surface area (Å²) in [5, 5.41) is 0. The van der Waals surface area contributed by atoms with Crippen LogP contribution in [-0.4, -0.2) is 31.4 Å². The summed E-state index contributed by atoms with van der Waals surface area (Å²) in [4.78, 5) is 21.3. The number of hydrogen-bond acceptors (Lipinski definition) is 5. The fraction of sp³-hybridized carbons (Fsp3) is 0.360. The van der Waals surface area contributed by atoms with Gasteiger partial charge in [-0.25, -0.2) is 18.1 Å².